The number of aliphatic hydroxyl groups is 1. The van der Waals surface area contributed by atoms with Crippen LogP contribution in [-0.4, -0.2) is 61.7 Å². The van der Waals surface area contributed by atoms with E-state index in [9.17, 15) is 9.90 Å². The third-order valence-electron chi connectivity index (χ3n) is 6.24. The van der Waals surface area contributed by atoms with Gasteiger partial charge < -0.3 is 20.6 Å². The SMILES string of the molecule is CCNC(=NCC1(C)CCCCC1O)NCC1(C(=O)N(C)C)CCCC1. The molecule has 2 saturated carbocycles. The Kier molecular flexibility index (Phi) is 7.33. The molecule has 2 fully saturated rings. The molecule has 2 rings (SSSR count). The minimum Gasteiger partial charge on any atom is -0.392 e. The molecule has 0 spiro atoms. The molecule has 0 saturated heterocycles. The van der Waals surface area contributed by atoms with E-state index < -0.39 is 0 Å². The van der Waals surface area contributed by atoms with Gasteiger partial charge in [0.25, 0.3) is 0 Å². The van der Waals surface area contributed by atoms with Crippen LogP contribution in [-0.2, 0) is 4.79 Å². The first-order valence-corrected chi connectivity index (χ1v) is 10.2. The average molecular weight is 367 g/mol. The molecule has 2 unspecified atom stereocenters. The van der Waals surface area contributed by atoms with Crippen LogP contribution in [0.5, 0.6) is 0 Å². The Labute approximate surface area is 158 Å². The Morgan fingerprint density at radius 1 is 1.15 bits per heavy atom. The second-order valence-corrected chi connectivity index (χ2v) is 8.65. The monoisotopic (exact) mass is 366 g/mol. The van der Waals surface area contributed by atoms with Crippen LogP contribution < -0.4 is 10.6 Å². The Morgan fingerprint density at radius 3 is 2.38 bits per heavy atom. The third kappa shape index (κ3) is 4.90. The summed E-state index contributed by atoms with van der Waals surface area (Å²) in [4.78, 5) is 19.2. The second kappa shape index (κ2) is 9.07. The van der Waals surface area contributed by atoms with Crippen LogP contribution in [0.15, 0.2) is 4.99 Å². The molecule has 2 atom stereocenters. The highest BCUT2D eigenvalue weighted by molar-refractivity contribution is 5.85. The number of aliphatic hydroxyl groups excluding tert-OH is 1. The van der Waals surface area contributed by atoms with Crippen molar-refractivity contribution in [2.45, 2.75) is 71.3 Å². The maximum absolute atomic E-state index is 12.7. The lowest BCUT2D eigenvalue weighted by Crippen LogP contribution is -2.49. The number of aliphatic imine (C=N–C) groups is 1. The molecule has 6 nitrogen and oxygen atoms in total. The van der Waals surface area contributed by atoms with Gasteiger partial charge in [-0.1, -0.05) is 32.6 Å². The number of carbonyl (C=O) groups excluding carboxylic acids is 1. The number of rotatable bonds is 6. The maximum atomic E-state index is 12.7. The van der Waals surface area contributed by atoms with Crippen molar-refractivity contribution >= 4 is 11.9 Å². The van der Waals surface area contributed by atoms with E-state index in [0.717, 1.165) is 63.9 Å². The summed E-state index contributed by atoms with van der Waals surface area (Å²) >= 11 is 0. The summed E-state index contributed by atoms with van der Waals surface area (Å²) in [6.07, 6.45) is 7.97. The fourth-order valence-electron chi connectivity index (χ4n) is 4.41. The highest BCUT2D eigenvalue weighted by Gasteiger charge is 2.42. The Bertz CT molecular complexity index is 500. The molecule has 0 aromatic carbocycles. The van der Waals surface area contributed by atoms with Crippen molar-refractivity contribution in [1.29, 1.82) is 0 Å². The summed E-state index contributed by atoms with van der Waals surface area (Å²) < 4.78 is 0. The molecule has 0 radical (unpaired) electrons. The molecule has 2 aliphatic carbocycles. The van der Waals surface area contributed by atoms with Crippen LogP contribution in [0, 0.1) is 10.8 Å². The molecule has 26 heavy (non-hydrogen) atoms. The van der Waals surface area contributed by atoms with Crippen molar-refractivity contribution in [3.63, 3.8) is 0 Å². The quantitative estimate of drug-likeness (QED) is 0.497. The van der Waals surface area contributed by atoms with Crippen molar-refractivity contribution in [3.8, 4) is 0 Å². The first kappa shape index (κ1) is 21.0. The lowest BCUT2D eigenvalue weighted by atomic mass is 9.73. The van der Waals surface area contributed by atoms with Crippen LogP contribution in [0.25, 0.3) is 0 Å². The number of nitrogens with zero attached hydrogens (tertiary/aromatic N) is 2. The van der Waals surface area contributed by atoms with E-state index in [0.29, 0.717) is 13.1 Å². The van der Waals surface area contributed by atoms with Crippen LogP contribution in [0.2, 0.25) is 0 Å². The van der Waals surface area contributed by atoms with Crippen molar-refractivity contribution in [2.75, 3.05) is 33.7 Å². The van der Waals surface area contributed by atoms with E-state index in [1.807, 2.05) is 21.0 Å². The molecule has 0 heterocycles. The van der Waals surface area contributed by atoms with E-state index in [2.05, 4.69) is 17.6 Å². The van der Waals surface area contributed by atoms with Gasteiger partial charge >= 0.3 is 0 Å². The number of amides is 1. The number of guanidine groups is 1. The van der Waals surface area contributed by atoms with Gasteiger partial charge in [0.2, 0.25) is 5.91 Å². The molecule has 0 aliphatic heterocycles. The summed E-state index contributed by atoms with van der Waals surface area (Å²) in [7, 11) is 3.68. The van der Waals surface area contributed by atoms with Crippen LogP contribution in [0.4, 0.5) is 0 Å². The predicted octanol–water partition coefficient (Wildman–Crippen LogP) is 2.13. The standard InChI is InChI=1S/C20H38N4O2/c1-5-21-18(22-14-19(2)11-7-6-10-16(19)25)23-15-20(12-8-9-13-20)17(26)24(3)4/h16,25H,5-15H2,1-4H3,(H2,21,22,23). The minimum atomic E-state index is -0.312. The molecule has 0 aromatic heterocycles. The summed E-state index contributed by atoms with van der Waals surface area (Å²) in [6, 6.07) is 0. The normalized spacial score (nSPS) is 28.7. The molecule has 3 N–H and O–H groups in total. The molecule has 6 heteroatoms. The molecule has 1 amide bonds. The van der Waals surface area contributed by atoms with Crippen LogP contribution in [0.3, 0.4) is 0 Å². The molecular weight excluding hydrogens is 328 g/mol. The fourth-order valence-corrected chi connectivity index (χ4v) is 4.41. The zero-order valence-corrected chi connectivity index (χ0v) is 17.1. The second-order valence-electron chi connectivity index (χ2n) is 8.65. The highest BCUT2D eigenvalue weighted by atomic mass is 16.3. The Balaban J connectivity index is 2.03. The van der Waals surface area contributed by atoms with Gasteiger partial charge in [-0.15, -0.1) is 0 Å². The summed E-state index contributed by atoms with van der Waals surface area (Å²) in [6.45, 7) is 6.19. The molecule has 150 valence electrons. The predicted molar refractivity (Wildman–Crippen MR) is 106 cm³/mol. The summed E-state index contributed by atoms with van der Waals surface area (Å²) in [5.41, 5.74) is -0.459. The van der Waals surface area contributed by atoms with Gasteiger partial charge in [0.15, 0.2) is 5.96 Å². The zero-order valence-electron chi connectivity index (χ0n) is 17.1. The van der Waals surface area contributed by atoms with Gasteiger partial charge in [-0.25, -0.2) is 0 Å². The van der Waals surface area contributed by atoms with Gasteiger partial charge in [0.1, 0.15) is 0 Å². The van der Waals surface area contributed by atoms with E-state index in [-0.39, 0.29) is 22.8 Å². The number of hydrogen-bond donors (Lipinski definition) is 3. The fraction of sp³-hybridized carbons (Fsp3) is 0.900. The van der Waals surface area contributed by atoms with Gasteiger partial charge in [0, 0.05) is 32.6 Å². The van der Waals surface area contributed by atoms with E-state index in [4.69, 9.17) is 4.99 Å². The topological polar surface area (TPSA) is 77.0 Å². The van der Waals surface area contributed by atoms with Crippen molar-refractivity contribution < 1.29 is 9.90 Å². The van der Waals surface area contributed by atoms with Crippen molar-refractivity contribution in [2.24, 2.45) is 15.8 Å². The summed E-state index contributed by atoms with van der Waals surface area (Å²) in [5.74, 6) is 0.970. The van der Waals surface area contributed by atoms with E-state index in [1.165, 1.54) is 0 Å². The lowest BCUT2D eigenvalue weighted by molar-refractivity contribution is -0.138. The van der Waals surface area contributed by atoms with Gasteiger partial charge in [-0.05, 0) is 32.6 Å². The number of nitrogens with one attached hydrogen (secondary N) is 2. The smallest absolute Gasteiger partial charge is 0.230 e. The van der Waals surface area contributed by atoms with Crippen molar-refractivity contribution in [3.05, 3.63) is 0 Å². The van der Waals surface area contributed by atoms with Gasteiger partial charge in [-0.3, -0.25) is 9.79 Å². The molecule has 0 bridgehead atoms. The summed E-state index contributed by atoms with van der Waals surface area (Å²) in [5, 5.41) is 17.1. The first-order valence-electron chi connectivity index (χ1n) is 10.2. The number of carbonyl (C=O) groups is 1. The van der Waals surface area contributed by atoms with E-state index >= 15 is 0 Å². The minimum absolute atomic E-state index is 0.148. The van der Waals surface area contributed by atoms with Gasteiger partial charge in [-0.2, -0.15) is 0 Å². The largest absolute Gasteiger partial charge is 0.392 e. The first-order chi connectivity index (χ1) is 12.3. The average Bonchev–Trinajstić information content (AvgIpc) is 3.09. The number of hydrogen-bond acceptors (Lipinski definition) is 3. The van der Waals surface area contributed by atoms with E-state index in [1.54, 1.807) is 4.90 Å². The maximum Gasteiger partial charge on any atom is 0.230 e. The molecular formula is C20H38N4O2. The highest BCUT2D eigenvalue weighted by Crippen LogP contribution is 2.39. The lowest BCUT2D eigenvalue weighted by Gasteiger charge is -2.37. The Morgan fingerprint density at radius 2 is 1.81 bits per heavy atom. The molecule has 2 aliphatic rings. The third-order valence-corrected chi connectivity index (χ3v) is 6.24. The van der Waals surface area contributed by atoms with Crippen molar-refractivity contribution in [1.82, 2.24) is 15.5 Å². The Hall–Kier alpha value is -1.30. The van der Waals surface area contributed by atoms with Crippen LogP contribution >= 0.6 is 0 Å². The van der Waals surface area contributed by atoms with Crippen LogP contribution in [0.1, 0.15) is 65.2 Å². The van der Waals surface area contributed by atoms with Gasteiger partial charge in [0.05, 0.1) is 18.1 Å². The molecule has 0 aromatic rings. The zero-order chi connectivity index (χ0) is 19.2.